The largest absolute Gasteiger partial charge is 0.497 e. The molecular formula is C45H55N5O8S. The summed E-state index contributed by atoms with van der Waals surface area (Å²) in [6, 6.07) is 16.2. The molecule has 2 saturated heterocycles. The van der Waals surface area contributed by atoms with Crippen molar-refractivity contribution < 1.29 is 37.1 Å². The van der Waals surface area contributed by atoms with E-state index in [2.05, 4.69) is 4.72 Å². The minimum Gasteiger partial charge on any atom is -0.497 e. The van der Waals surface area contributed by atoms with Gasteiger partial charge in [0.05, 0.1) is 41.6 Å². The molecule has 4 heterocycles. The molecule has 3 aliphatic heterocycles. The third kappa shape index (κ3) is 8.89. The van der Waals surface area contributed by atoms with Crippen molar-refractivity contribution in [2.24, 2.45) is 28.9 Å². The predicted octanol–water partition coefficient (Wildman–Crippen LogP) is 5.17. The molecule has 0 bridgehead atoms. The number of fused-ring (bicyclic) bond motifs is 3. The van der Waals surface area contributed by atoms with E-state index in [0.717, 1.165) is 43.1 Å². The van der Waals surface area contributed by atoms with Crippen LogP contribution in [0.5, 0.6) is 11.5 Å². The molecule has 5 aliphatic rings. The van der Waals surface area contributed by atoms with Crippen molar-refractivity contribution in [1.82, 2.24) is 19.5 Å². The third-order valence-corrected chi connectivity index (χ3v) is 14.9. The minimum absolute atomic E-state index is 0.0314. The Bertz CT molecular complexity index is 2230. The van der Waals surface area contributed by atoms with E-state index in [1.807, 2.05) is 71.6 Å². The van der Waals surface area contributed by atoms with Gasteiger partial charge in [0.1, 0.15) is 17.6 Å². The van der Waals surface area contributed by atoms with Gasteiger partial charge in [0.15, 0.2) is 5.78 Å². The third-order valence-electron chi connectivity index (χ3n) is 13.1. The fraction of sp³-hybridized carbons (Fsp3) is 0.533. The predicted molar refractivity (Wildman–Crippen MR) is 223 cm³/mol. The second-order valence-corrected chi connectivity index (χ2v) is 19.2. The SMILES string of the molecule is COc1ccc2c(O[C@@H]3C[C@H]4C(=O)C[C@]5(C(=O)NS(=O)(=O)C6CC6)C[C@H]5/C=C\CCCCC[C@H](CC(=O)N5CC[C@@H](CN)C5)C(=O)N4C3)cc(-c3ccccc3)nc2c1. The number of carbonyl (C=O) groups is 4. The molecule has 314 valence electrons. The van der Waals surface area contributed by atoms with E-state index in [4.69, 9.17) is 20.2 Å². The first-order valence-electron chi connectivity index (χ1n) is 21.2. The lowest BCUT2D eigenvalue weighted by Gasteiger charge is -2.29. The number of hydrogen-bond donors (Lipinski definition) is 2. The number of benzene rings is 2. The number of ether oxygens (including phenoxy) is 2. The molecule has 59 heavy (non-hydrogen) atoms. The van der Waals surface area contributed by atoms with Crippen molar-refractivity contribution in [3.05, 3.63) is 66.7 Å². The lowest BCUT2D eigenvalue weighted by molar-refractivity contribution is -0.145. The molecule has 14 heteroatoms. The van der Waals surface area contributed by atoms with Crippen molar-refractivity contribution >= 4 is 44.4 Å². The molecule has 0 unspecified atom stereocenters. The Hall–Kier alpha value is -4.82. The molecule has 0 radical (unpaired) electrons. The molecule has 3 amide bonds. The Morgan fingerprint density at radius 3 is 2.56 bits per heavy atom. The number of rotatable bonds is 10. The zero-order valence-corrected chi connectivity index (χ0v) is 34.5. The van der Waals surface area contributed by atoms with Gasteiger partial charge in [-0.3, -0.25) is 23.9 Å². The number of likely N-dealkylation sites (tertiary alicyclic amines) is 1. The first kappa shape index (κ1) is 40.9. The van der Waals surface area contributed by atoms with Gasteiger partial charge in [-0.15, -0.1) is 0 Å². The highest BCUT2D eigenvalue weighted by Crippen LogP contribution is 2.57. The van der Waals surface area contributed by atoms with E-state index in [1.54, 1.807) is 12.0 Å². The standard InChI is InChI=1S/C45H55N5O8S/c1-57-33-14-17-36-38(21-33)47-37(30-10-7-5-8-11-30)23-41(36)58-34-22-39-40(51)25-45(44(54)48-59(55,56)35-15-16-35)24-32(45)13-9-4-2-3-6-12-31(43(53)50(39)28-34)20-42(52)49-19-18-29(26-46)27-49/h5,7-11,13-14,17,21,23,29,31-32,34-35,39H,2-4,6,12,15-16,18-20,22,24-28,46H2,1H3,(H,48,54)/b13-9-/t29-,31+,32+,34+,39-,45+/m0/s1. The van der Waals surface area contributed by atoms with Crippen molar-refractivity contribution in [2.45, 2.75) is 94.4 Å². The lowest BCUT2D eigenvalue weighted by atomic mass is 9.90. The Balaban J connectivity index is 1.12. The molecule has 2 aromatic carbocycles. The van der Waals surface area contributed by atoms with Crippen molar-refractivity contribution in [3.8, 4) is 22.8 Å². The van der Waals surface area contributed by atoms with Crippen LogP contribution in [0.2, 0.25) is 0 Å². The summed E-state index contributed by atoms with van der Waals surface area (Å²) in [4.78, 5) is 65.7. The molecule has 2 aliphatic carbocycles. The number of pyridine rings is 1. The van der Waals surface area contributed by atoms with Crippen molar-refractivity contribution in [1.29, 1.82) is 0 Å². The number of nitrogens with two attached hydrogens (primary N) is 1. The van der Waals surface area contributed by atoms with E-state index >= 15 is 0 Å². The van der Waals surface area contributed by atoms with Gasteiger partial charge in [-0.2, -0.15) is 0 Å². The van der Waals surface area contributed by atoms with Gasteiger partial charge in [-0.05, 0) is 75.5 Å². The van der Waals surface area contributed by atoms with E-state index in [1.165, 1.54) is 0 Å². The van der Waals surface area contributed by atoms with Crippen molar-refractivity contribution in [2.75, 3.05) is 33.3 Å². The van der Waals surface area contributed by atoms with Gasteiger partial charge >= 0.3 is 0 Å². The highest BCUT2D eigenvalue weighted by atomic mass is 32.2. The number of amides is 3. The van der Waals surface area contributed by atoms with Crippen LogP contribution in [0.4, 0.5) is 0 Å². The average molecular weight is 826 g/mol. The number of sulfonamides is 1. The fourth-order valence-corrected chi connectivity index (χ4v) is 10.6. The van der Waals surface area contributed by atoms with Gasteiger partial charge in [0.2, 0.25) is 27.7 Å². The highest BCUT2D eigenvalue weighted by molar-refractivity contribution is 7.90. The van der Waals surface area contributed by atoms with Crippen LogP contribution in [0.1, 0.15) is 77.0 Å². The summed E-state index contributed by atoms with van der Waals surface area (Å²) in [6.07, 6.45) is 9.20. The van der Waals surface area contributed by atoms with Crippen molar-refractivity contribution in [3.63, 3.8) is 0 Å². The summed E-state index contributed by atoms with van der Waals surface area (Å²) >= 11 is 0. The van der Waals surface area contributed by atoms with E-state index in [0.29, 0.717) is 68.0 Å². The maximum absolute atomic E-state index is 14.9. The molecule has 13 nitrogen and oxygen atoms in total. The van der Waals surface area contributed by atoms with Crippen LogP contribution in [0.3, 0.4) is 0 Å². The maximum atomic E-state index is 14.9. The normalized spacial score (nSPS) is 28.3. The topological polar surface area (TPSA) is 178 Å². The van der Waals surface area contributed by atoms with Crippen LogP contribution in [0.15, 0.2) is 66.7 Å². The quantitative estimate of drug-likeness (QED) is 0.260. The average Bonchev–Trinajstić information content (AvgIpc) is 4.12. The van der Waals surface area contributed by atoms with Crippen LogP contribution in [0.25, 0.3) is 22.2 Å². The second-order valence-electron chi connectivity index (χ2n) is 17.2. The number of nitrogens with zero attached hydrogens (tertiary/aromatic N) is 3. The van der Waals surface area contributed by atoms with Gasteiger partial charge in [-0.25, -0.2) is 13.4 Å². The number of hydrogen-bond acceptors (Lipinski definition) is 10. The number of methoxy groups -OCH3 is 1. The van der Waals surface area contributed by atoms with Gasteiger partial charge in [0, 0.05) is 61.4 Å². The molecule has 6 atom stereocenters. The summed E-state index contributed by atoms with van der Waals surface area (Å²) in [5.74, 6) is -0.891. The van der Waals surface area contributed by atoms with Gasteiger partial charge in [-0.1, -0.05) is 55.3 Å². The van der Waals surface area contributed by atoms with Gasteiger partial charge in [0.25, 0.3) is 0 Å². The first-order chi connectivity index (χ1) is 28.5. The Morgan fingerprint density at radius 2 is 1.81 bits per heavy atom. The monoisotopic (exact) mass is 825 g/mol. The van der Waals surface area contributed by atoms with E-state index < -0.39 is 44.7 Å². The van der Waals surface area contributed by atoms with Gasteiger partial charge < -0.3 is 25.0 Å². The van der Waals surface area contributed by atoms with E-state index in [9.17, 15) is 27.6 Å². The minimum atomic E-state index is -3.85. The Kier molecular flexibility index (Phi) is 11.8. The number of nitrogens with one attached hydrogen (secondary N) is 1. The first-order valence-corrected chi connectivity index (χ1v) is 22.8. The molecule has 3 aromatic rings. The summed E-state index contributed by atoms with van der Waals surface area (Å²) in [5, 5.41) is 0.140. The number of ketones is 1. The fourth-order valence-electron chi connectivity index (χ4n) is 9.25. The summed E-state index contributed by atoms with van der Waals surface area (Å²) in [5.41, 5.74) is 6.91. The summed E-state index contributed by atoms with van der Waals surface area (Å²) in [7, 11) is -2.26. The van der Waals surface area contributed by atoms with E-state index in [-0.39, 0.29) is 55.2 Å². The van der Waals surface area contributed by atoms with Crippen LogP contribution < -0.4 is 19.9 Å². The molecule has 4 fully saturated rings. The van der Waals surface area contributed by atoms with Crippen LogP contribution in [-0.2, 0) is 29.2 Å². The highest BCUT2D eigenvalue weighted by Gasteiger charge is 2.61. The van der Waals surface area contributed by atoms with Crippen LogP contribution in [0, 0.1) is 23.2 Å². The number of carbonyl (C=O) groups excluding carboxylic acids is 4. The second kappa shape index (κ2) is 17.0. The molecule has 8 rings (SSSR count). The Morgan fingerprint density at radius 1 is 1.00 bits per heavy atom. The zero-order chi connectivity index (χ0) is 41.3. The number of Topliss-reactive ketones (excluding diaryl/α,β-unsaturated/α-hetero) is 1. The number of aromatic nitrogens is 1. The zero-order valence-electron chi connectivity index (χ0n) is 33.7. The summed E-state index contributed by atoms with van der Waals surface area (Å²) < 4.78 is 40.6. The smallest absolute Gasteiger partial charge is 0.240 e. The van der Waals surface area contributed by atoms with Crippen LogP contribution >= 0.6 is 0 Å². The molecule has 3 N–H and O–H groups in total. The summed E-state index contributed by atoms with van der Waals surface area (Å²) in [6.45, 7) is 1.77. The van der Waals surface area contributed by atoms with Crippen LogP contribution in [-0.4, -0.2) is 97.4 Å². The maximum Gasteiger partial charge on any atom is 0.240 e. The molecule has 0 spiro atoms. The molecule has 1 aromatic heterocycles. The molecule has 2 saturated carbocycles. The lowest BCUT2D eigenvalue weighted by Crippen LogP contribution is -2.47. The number of allylic oxidation sites excluding steroid dienone is 2. The Labute approximate surface area is 346 Å². The molecular weight excluding hydrogens is 771 g/mol.